The number of nitrogens with one attached hydrogen (secondary N) is 1. The Kier molecular flexibility index (Phi) is 4.42. The van der Waals surface area contributed by atoms with Gasteiger partial charge in [0, 0.05) is 12.6 Å². The van der Waals surface area contributed by atoms with Gasteiger partial charge in [0.2, 0.25) is 5.91 Å². The molecule has 2 N–H and O–H groups in total. The zero-order chi connectivity index (χ0) is 17.3. The predicted octanol–water partition coefficient (Wildman–Crippen LogP) is 1.49. The number of rotatable bonds is 6. The maximum Gasteiger partial charge on any atom is 0.308 e. The van der Waals surface area contributed by atoms with Crippen LogP contribution >= 0.6 is 0 Å². The van der Waals surface area contributed by atoms with Gasteiger partial charge in [0.1, 0.15) is 5.75 Å². The molecule has 1 aromatic rings. The van der Waals surface area contributed by atoms with Crippen LogP contribution in [0.4, 0.5) is 5.69 Å². The van der Waals surface area contributed by atoms with Crippen molar-refractivity contribution in [1.82, 2.24) is 4.90 Å². The minimum atomic E-state index is -0.936. The van der Waals surface area contributed by atoms with Gasteiger partial charge in [-0.25, -0.2) is 0 Å². The van der Waals surface area contributed by atoms with Crippen molar-refractivity contribution in [2.45, 2.75) is 38.3 Å². The SMILES string of the molecule is CC(CN(C(=O)CC1Oc2ccccc2NC1=O)C1CC1)C(=O)O. The Hall–Kier alpha value is -2.57. The van der Waals surface area contributed by atoms with E-state index in [9.17, 15) is 14.4 Å². The van der Waals surface area contributed by atoms with E-state index in [0.29, 0.717) is 11.4 Å². The summed E-state index contributed by atoms with van der Waals surface area (Å²) in [5.74, 6) is -1.65. The van der Waals surface area contributed by atoms with Gasteiger partial charge in [-0.1, -0.05) is 19.1 Å². The first-order chi connectivity index (χ1) is 11.5. The monoisotopic (exact) mass is 332 g/mol. The van der Waals surface area contributed by atoms with Crippen molar-refractivity contribution < 1.29 is 24.2 Å². The number of benzene rings is 1. The Morgan fingerprint density at radius 3 is 2.75 bits per heavy atom. The molecule has 2 aliphatic rings. The van der Waals surface area contributed by atoms with Crippen molar-refractivity contribution >= 4 is 23.5 Å². The van der Waals surface area contributed by atoms with Crippen LogP contribution in [0.1, 0.15) is 26.2 Å². The number of carbonyl (C=O) groups excluding carboxylic acids is 2. The van der Waals surface area contributed by atoms with Crippen LogP contribution < -0.4 is 10.1 Å². The molecule has 7 heteroatoms. The highest BCUT2D eigenvalue weighted by Gasteiger charge is 2.37. The topological polar surface area (TPSA) is 95.9 Å². The Morgan fingerprint density at radius 1 is 1.38 bits per heavy atom. The third kappa shape index (κ3) is 3.50. The highest BCUT2D eigenvalue weighted by atomic mass is 16.5. The Morgan fingerprint density at radius 2 is 2.08 bits per heavy atom. The van der Waals surface area contributed by atoms with Gasteiger partial charge in [0.25, 0.3) is 5.91 Å². The Balaban J connectivity index is 1.67. The maximum absolute atomic E-state index is 12.6. The molecule has 1 saturated carbocycles. The number of fused-ring (bicyclic) bond motifs is 1. The number of para-hydroxylation sites is 2. The summed E-state index contributed by atoms with van der Waals surface area (Å²) in [5, 5.41) is 11.8. The quantitative estimate of drug-likeness (QED) is 0.823. The van der Waals surface area contributed by atoms with Crippen molar-refractivity contribution in [1.29, 1.82) is 0 Å². The summed E-state index contributed by atoms with van der Waals surface area (Å²) in [6, 6.07) is 7.13. The van der Waals surface area contributed by atoms with E-state index in [0.717, 1.165) is 12.8 Å². The number of amides is 2. The van der Waals surface area contributed by atoms with Crippen LogP contribution in [-0.4, -0.2) is 46.5 Å². The molecule has 0 spiro atoms. The van der Waals surface area contributed by atoms with Crippen LogP contribution in [-0.2, 0) is 14.4 Å². The van der Waals surface area contributed by atoms with E-state index in [1.54, 1.807) is 36.1 Å². The first-order valence-corrected chi connectivity index (χ1v) is 8.04. The number of carboxylic acid groups (broad SMARTS) is 1. The molecule has 1 aliphatic heterocycles. The molecule has 0 bridgehead atoms. The number of anilines is 1. The molecule has 0 radical (unpaired) electrons. The number of aliphatic carboxylic acids is 1. The van der Waals surface area contributed by atoms with Crippen molar-refractivity contribution in [2.75, 3.05) is 11.9 Å². The van der Waals surface area contributed by atoms with E-state index < -0.39 is 18.0 Å². The van der Waals surface area contributed by atoms with E-state index in [1.807, 2.05) is 0 Å². The Bertz CT molecular complexity index is 671. The van der Waals surface area contributed by atoms with Gasteiger partial charge >= 0.3 is 5.97 Å². The zero-order valence-electron chi connectivity index (χ0n) is 13.4. The maximum atomic E-state index is 12.6. The molecule has 1 aromatic carbocycles. The second-order valence-electron chi connectivity index (χ2n) is 6.31. The second kappa shape index (κ2) is 6.51. The normalized spacial score (nSPS) is 20.4. The number of carbonyl (C=O) groups is 3. The third-order valence-corrected chi connectivity index (χ3v) is 4.27. The fraction of sp³-hybridized carbons (Fsp3) is 0.471. The molecule has 128 valence electrons. The average Bonchev–Trinajstić information content (AvgIpc) is 3.37. The van der Waals surface area contributed by atoms with Gasteiger partial charge in [-0.3, -0.25) is 14.4 Å². The summed E-state index contributed by atoms with van der Waals surface area (Å²) >= 11 is 0. The average molecular weight is 332 g/mol. The summed E-state index contributed by atoms with van der Waals surface area (Å²) in [6.07, 6.45) is 0.758. The van der Waals surface area contributed by atoms with Crippen molar-refractivity contribution in [3.8, 4) is 5.75 Å². The van der Waals surface area contributed by atoms with Gasteiger partial charge < -0.3 is 20.1 Å². The molecule has 0 aromatic heterocycles. The third-order valence-electron chi connectivity index (χ3n) is 4.27. The van der Waals surface area contributed by atoms with Crippen LogP contribution in [0.25, 0.3) is 0 Å². The van der Waals surface area contributed by atoms with Crippen molar-refractivity contribution in [2.24, 2.45) is 5.92 Å². The highest BCUT2D eigenvalue weighted by Crippen LogP contribution is 2.32. The summed E-state index contributed by atoms with van der Waals surface area (Å²) in [7, 11) is 0. The van der Waals surface area contributed by atoms with Crippen LogP contribution in [0.5, 0.6) is 5.75 Å². The lowest BCUT2D eigenvalue weighted by Gasteiger charge is -2.29. The molecule has 7 nitrogen and oxygen atoms in total. The predicted molar refractivity (Wildman–Crippen MR) is 85.6 cm³/mol. The van der Waals surface area contributed by atoms with Crippen LogP contribution in [0.3, 0.4) is 0 Å². The summed E-state index contributed by atoms with van der Waals surface area (Å²) < 4.78 is 5.64. The fourth-order valence-corrected chi connectivity index (χ4v) is 2.72. The number of nitrogens with zero attached hydrogens (tertiary/aromatic N) is 1. The molecule has 1 aliphatic carbocycles. The lowest BCUT2D eigenvalue weighted by molar-refractivity contribution is -0.144. The van der Waals surface area contributed by atoms with Gasteiger partial charge in [0.15, 0.2) is 6.10 Å². The lowest BCUT2D eigenvalue weighted by atomic mass is 10.1. The number of hydrogen-bond donors (Lipinski definition) is 2. The molecule has 2 unspecified atom stereocenters. The van der Waals surface area contributed by atoms with Crippen molar-refractivity contribution in [3.05, 3.63) is 24.3 Å². The van der Waals surface area contributed by atoms with Gasteiger partial charge in [-0.05, 0) is 25.0 Å². The largest absolute Gasteiger partial charge is 0.481 e. The molecule has 1 fully saturated rings. The van der Waals surface area contributed by atoms with E-state index >= 15 is 0 Å². The zero-order valence-corrected chi connectivity index (χ0v) is 13.4. The van der Waals surface area contributed by atoms with Gasteiger partial charge in [-0.2, -0.15) is 0 Å². The van der Waals surface area contributed by atoms with Gasteiger partial charge in [0.05, 0.1) is 18.0 Å². The van der Waals surface area contributed by atoms with Crippen LogP contribution in [0.2, 0.25) is 0 Å². The molecule has 0 saturated heterocycles. The van der Waals surface area contributed by atoms with Crippen molar-refractivity contribution in [3.63, 3.8) is 0 Å². The highest BCUT2D eigenvalue weighted by molar-refractivity contribution is 6.00. The summed E-state index contributed by atoms with van der Waals surface area (Å²) in [5.41, 5.74) is 0.588. The molecule has 2 atom stereocenters. The molecule has 24 heavy (non-hydrogen) atoms. The van der Waals surface area contributed by atoms with Crippen LogP contribution in [0, 0.1) is 5.92 Å². The second-order valence-corrected chi connectivity index (χ2v) is 6.31. The lowest BCUT2D eigenvalue weighted by Crippen LogP contribution is -2.44. The number of hydrogen-bond acceptors (Lipinski definition) is 4. The molecule has 2 amide bonds. The standard InChI is InChI=1S/C17H20N2O5/c1-10(17(22)23)9-19(11-6-7-11)15(20)8-14-16(21)18-12-4-2-3-5-13(12)24-14/h2-5,10-11,14H,6-9H2,1H3,(H,18,21)(H,22,23). The summed E-state index contributed by atoms with van der Waals surface area (Å²) in [4.78, 5) is 37.3. The minimum Gasteiger partial charge on any atom is -0.481 e. The van der Waals surface area contributed by atoms with E-state index in [4.69, 9.17) is 9.84 Å². The summed E-state index contributed by atoms with van der Waals surface area (Å²) in [6.45, 7) is 1.73. The molecule has 3 rings (SSSR count). The van der Waals surface area contributed by atoms with E-state index in [2.05, 4.69) is 5.32 Å². The van der Waals surface area contributed by atoms with Gasteiger partial charge in [-0.15, -0.1) is 0 Å². The molecular weight excluding hydrogens is 312 g/mol. The smallest absolute Gasteiger partial charge is 0.308 e. The van der Waals surface area contributed by atoms with E-state index in [1.165, 1.54) is 0 Å². The van der Waals surface area contributed by atoms with Crippen LogP contribution in [0.15, 0.2) is 24.3 Å². The van der Waals surface area contributed by atoms with E-state index in [-0.39, 0.29) is 30.8 Å². The molecular formula is C17H20N2O5. The fourth-order valence-electron chi connectivity index (χ4n) is 2.72. The minimum absolute atomic E-state index is 0.0817. The first kappa shape index (κ1) is 16.3. The number of ether oxygens (including phenoxy) is 1. The number of carboxylic acids is 1. The molecule has 1 heterocycles. The first-order valence-electron chi connectivity index (χ1n) is 8.04. The Labute approximate surface area is 139 Å².